The van der Waals surface area contributed by atoms with Gasteiger partial charge in [-0.3, -0.25) is 9.59 Å². The van der Waals surface area contributed by atoms with Gasteiger partial charge in [0.25, 0.3) is 5.56 Å². The van der Waals surface area contributed by atoms with Crippen LogP contribution in [0.1, 0.15) is 16.8 Å². The molecule has 0 fully saturated rings. The van der Waals surface area contributed by atoms with Crippen molar-refractivity contribution in [3.63, 3.8) is 0 Å². The minimum Gasteiger partial charge on any atom is -0.326 e. The fourth-order valence-electron chi connectivity index (χ4n) is 2.54. The number of H-pyrrole nitrogens is 1. The first kappa shape index (κ1) is 20.1. The summed E-state index contributed by atoms with van der Waals surface area (Å²) in [6.45, 7) is 1.69. The van der Waals surface area contributed by atoms with Crippen molar-refractivity contribution in [3.05, 3.63) is 86.5 Å². The van der Waals surface area contributed by atoms with E-state index in [1.807, 2.05) is 18.2 Å². The second-order valence-corrected chi connectivity index (χ2v) is 7.49. The van der Waals surface area contributed by atoms with E-state index in [0.717, 1.165) is 5.56 Å². The molecule has 3 aromatic rings. The van der Waals surface area contributed by atoms with Gasteiger partial charge in [0, 0.05) is 27.7 Å². The van der Waals surface area contributed by atoms with Crippen molar-refractivity contribution in [2.45, 2.75) is 24.3 Å². The molecule has 0 aliphatic carbocycles. The lowest BCUT2D eigenvalue weighted by molar-refractivity contribution is -0.115. The number of benzene rings is 2. The van der Waals surface area contributed by atoms with Crippen molar-refractivity contribution in [1.29, 1.82) is 0 Å². The Balaban J connectivity index is 1.66. The van der Waals surface area contributed by atoms with Crippen LogP contribution in [0.25, 0.3) is 0 Å². The first-order chi connectivity index (χ1) is 13.4. The van der Waals surface area contributed by atoms with Crippen LogP contribution in [0.5, 0.6) is 0 Å². The van der Waals surface area contributed by atoms with E-state index in [9.17, 15) is 14.0 Å². The number of nitrogens with zero attached hydrogens (tertiary/aromatic N) is 1. The maximum Gasteiger partial charge on any atom is 0.255 e. The fourth-order valence-corrected chi connectivity index (χ4v) is 3.60. The van der Waals surface area contributed by atoms with E-state index in [1.54, 1.807) is 13.0 Å². The maximum absolute atomic E-state index is 12.9. The number of halogens is 2. The van der Waals surface area contributed by atoms with Gasteiger partial charge < -0.3 is 10.3 Å². The van der Waals surface area contributed by atoms with Crippen LogP contribution >= 0.6 is 23.4 Å². The van der Waals surface area contributed by atoms with Crippen molar-refractivity contribution in [1.82, 2.24) is 9.97 Å². The lowest BCUT2D eigenvalue weighted by Gasteiger charge is -2.08. The van der Waals surface area contributed by atoms with Crippen molar-refractivity contribution in [3.8, 4) is 0 Å². The molecule has 0 radical (unpaired) electrons. The van der Waals surface area contributed by atoms with Gasteiger partial charge in [-0.1, -0.05) is 35.5 Å². The molecule has 0 unspecified atom stereocenters. The quantitative estimate of drug-likeness (QED) is 0.462. The summed E-state index contributed by atoms with van der Waals surface area (Å²) in [5.74, 6) is -0.158. The van der Waals surface area contributed by atoms with Gasteiger partial charge in [0.05, 0.1) is 6.42 Å². The minimum absolute atomic E-state index is 0.120. The Morgan fingerprint density at radius 3 is 2.68 bits per heavy atom. The molecule has 0 bridgehead atoms. The monoisotopic (exact) mass is 417 g/mol. The number of carbonyl (C=O) groups is 1. The maximum atomic E-state index is 12.9. The molecule has 3 rings (SSSR count). The number of nitrogens with one attached hydrogen (secondary N) is 2. The summed E-state index contributed by atoms with van der Waals surface area (Å²) >= 11 is 7.35. The van der Waals surface area contributed by atoms with Crippen LogP contribution in [-0.2, 0) is 17.0 Å². The average molecular weight is 418 g/mol. The fraction of sp³-hybridized carbons (Fsp3) is 0.150. The number of aromatic amines is 1. The molecular weight excluding hydrogens is 401 g/mol. The van der Waals surface area contributed by atoms with Crippen molar-refractivity contribution >= 4 is 35.0 Å². The zero-order valence-corrected chi connectivity index (χ0v) is 16.5. The molecule has 0 spiro atoms. The van der Waals surface area contributed by atoms with Gasteiger partial charge >= 0.3 is 0 Å². The molecule has 1 aromatic heterocycles. The number of amides is 1. The standard InChI is InChI=1S/C20H17ClFN3O2S/c1-12-17(10-18(26)24-16-7-5-15(22)6-8-16)19(27)25-20(23-12)28-11-13-3-2-4-14(21)9-13/h2-9H,10-11H2,1H3,(H,24,26)(H,23,25,27). The average Bonchev–Trinajstić information content (AvgIpc) is 2.65. The second kappa shape index (κ2) is 9.03. The van der Waals surface area contributed by atoms with Crippen molar-refractivity contribution < 1.29 is 9.18 Å². The van der Waals surface area contributed by atoms with Gasteiger partial charge in [-0.05, 0) is 48.9 Å². The molecule has 0 atom stereocenters. The Morgan fingerprint density at radius 1 is 1.25 bits per heavy atom. The summed E-state index contributed by atoms with van der Waals surface area (Å²) < 4.78 is 12.9. The summed E-state index contributed by atoms with van der Waals surface area (Å²) in [4.78, 5) is 31.7. The zero-order valence-electron chi connectivity index (χ0n) is 15.0. The van der Waals surface area contributed by atoms with Gasteiger partial charge in [0.2, 0.25) is 5.91 Å². The minimum atomic E-state index is -0.389. The van der Waals surface area contributed by atoms with E-state index in [1.165, 1.54) is 36.0 Å². The third kappa shape index (κ3) is 5.43. The molecule has 28 heavy (non-hydrogen) atoms. The Morgan fingerprint density at radius 2 is 2.00 bits per heavy atom. The number of aromatic nitrogens is 2. The predicted molar refractivity (Wildman–Crippen MR) is 109 cm³/mol. The van der Waals surface area contributed by atoms with Gasteiger partial charge in [0.15, 0.2) is 5.16 Å². The van der Waals surface area contributed by atoms with Crippen LogP contribution in [0.2, 0.25) is 5.02 Å². The lowest BCUT2D eigenvalue weighted by atomic mass is 10.1. The highest BCUT2D eigenvalue weighted by atomic mass is 35.5. The summed E-state index contributed by atoms with van der Waals surface area (Å²) in [7, 11) is 0. The zero-order chi connectivity index (χ0) is 20.1. The van der Waals surface area contributed by atoms with E-state index in [-0.39, 0.29) is 23.7 Å². The number of hydrogen-bond donors (Lipinski definition) is 2. The van der Waals surface area contributed by atoms with Crippen LogP contribution in [0.15, 0.2) is 58.5 Å². The molecule has 8 heteroatoms. The third-order valence-electron chi connectivity index (χ3n) is 3.93. The smallest absolute Gasteiger partial charge is 0.255 e. The molecule has 2 aromatic carbocycles. The van der Waals surface area contributed by atoms with E-state index in [0.29, 0.717) is 32.9 Å². The number of carbonyl (C=O) groups excluding carboxylic acids is 1. The third-order valence-corrected chi connectivity index (χ3v) is 5.11. The Bertz CT molecular complexity index is 1050. The van der Waals surface area contributed by atoms with E-state index in [2.05, 4.69) is 15.3 Å². The topological polar surface area (TPSA) is 74.8 Å². The molecule has 1 heterocycles. The number of rotatable bonds is 6. The summed E-state index contributed by atoms with van der Waals surface area (Å²) in [6, 6.07) is 12.9. The number of aryl methyl sites for hydroxylation is 1. The number of hydrogen-bond acceptors (Lipinski definition) is 4. The molecule has 0 aliphatic heterocycles. The van der Waals surface area contributed by atoms with Crippen LogP contribution in [0.3, 0.4) is 0 Å². The second-order valence-electron chi connectivity index (χ2n) is 6.09. The van der Waals surface area contributed by atoms with E-state index in [4.69, 9.17) is 11.6 Å². The first-order valence-electron chi connectivity index (χ1n) is 8.43. The highest BCUT2D eigenvalue weighted by Crippen LogP contribution is 2.21. The van der Waals surface area contributed by atoms with E-state index >= 15 is 0 Å². The Kier molecular flexibility index (Phi) is 6.49. The molecule has 0 saturated heterocycles. The number of anilines is 1. The van der Waals surface area contributed by atoms with Crippen LogP contribution < -0.4 is 10.9 Å². The van der Waals surface area contributed by atoms with Crippen LogP contribution in [0, 0.1) is 12.7 Å². The normalized spacial score (nSPS) is 10.7. The Hall–Kier alpha value is -2.64. The SMILES string of the molecule is Cc1nc(SCc2cccc(Cl)c2)[nH]c(=O)c1CC(=O)Nc1ccc(F)cc1. The molecule has 144 valence electrons. The lowest BCUT2D eigenvalue weighted by Crippen LogP contribution is -2.23. The predicted octanol–water partition coefficient (Wildman–Crippen LogP) is 4.34. The highest BCUT2D eigenvalue weighted by molar-refractivity contribution is 7.98. The van der Waals surface area contributed by atoms with Crippen molar-refractivity contribution in [2.75, 3.05) is 5.32 Å². The van der Waals surface area contributed by atoms with Gasteiger partial charge in [-0.2, -0.15) is 0 Å². The summed E-state index contributed by atoms with van der Waals surface area (Å²) in [6.07, 6.45) is -0.120. The van der Waals surface area contributed by atoms with Gasteiger partial charge in [-0.15, -0.1) is 0 Å². The molecule has 0 aliphatic rings. The molecule has 5 nitrogen and oxygen atoms in total. The summed E-state index contributed by atoms with van der Waals surface area (Å²) in [5, 5.41) is 3.76. The van der Waals surface area contributed by atoms with Crippen LogP contribution in [-0.4, -0.2) is 15.9 Å². The first-order valence-corrected chi connectivity index (χ1v) is 9.79. The molecule has 2 N–H and O–H groups in total. The number of thioether (sulfide) groups is 1. The van der Waals surface area contributed by atoms with Gasteiger partial charge in [-0.25, -0.2) is 9.37 Å². The van der Waals surface area contributed by atoms with Gasteiger partial charge in [0.1, 0.15) is 5.82 Å². The largest absolute Gasteiger partial charge is 0.326 e. The highest BCUT2D eigenvalue weighted by Gasteiger charge is 2.13. The van der Waals surface area contributed by atoms with E-state index < -0.39 is 0 Å². The molecular formula is C20H17ClFN3O2S. The summed E-state index contributed by atoms with van der Waals surface area (Å²) in [5.41, 5.74) is 1.91. The Labute approximate surface area is 170 Å². The molecule has 1 amide bonds. The molecule has 0 saturated carbocycles. The van der Waals surface area contributed by atoms with Crippen molar-refractivity contribution in [2.24, 2.45) is 0 Å². The van der Waals surface area contributed by atoms with Crippen LogP contribution in [0.4, 0.5) is 10.1 Å².